The fourth-order valence-corrected chi connectivity index (χ4v) is 5.24. The number of nitrogens with zero attached hydrogens (tertiary/aromatic N) is 1. The van der Waals surface area contributed by atoms with E-state index in [1.807, 2.05) is 12.1 Å². The Hall–Kier alpha value is -1.06. The van der Waals surface area contributed by atoms with E-state index in [4.69, 9.17) is 16.3 Å². The summed E-state index contributed by atoms with van der Waals surface area (Å²) in [5, 5.41) is 0.791. The van der Waals surface area contributed by atoms with Gasteiger partial charge in [-0.25, -0.2) is 0 Å². The predicted molar refractivity (Wildman–Crippen MR) is 111 cm³/mol. The van der Waals surface area contributed by atoms with Crippen LogP contribution in [0, 0.1) is 0 Å². The smallest absolute Gasteiger partial charge is 0.219 e. The van der Waals surface area contributed by atoms with Crippen LogP contribution in [0.5, 0.6) is 0 Å². The zero-order valence-electron chi connectivity index (χ0n) is 17.1. The highest BCUT2D eigenvalue weighted by Crippen LogP contribution is 2.43. The zero-order valence-corrected chi connectivity index (χ0v) is 17.9. The van der Waals surface area contributed by atoms with Crippen molar-refractivity contribution >= 4 is 17.5 Å². The Morgan fingerprint density at radius 1 is 1.19 bits per heavy atom. The third-order valence-electron chi connectivity index (χ3n) is 6.61. The fourth-order valence-electron chi connectivity index (χ4n) is 5.11. The molecule has 1 amide bonds. The van der Waals surface area contributed by atoms with E-state index in [0.29, 0.717) is 0 Å². The van der Waals surface area contributed by atoms with E-state index in [0.717, 1.165) is 37.4 Å². The summed E-state index contributed by atoms with van der Waals surface area (Å²) in [4.78, 5) is 14.6. The summed E-state index contributed by atoms with van der Waals surface area (Å²) >= 11 is 6.13. The third-order valence-corrected chi connectivity index (χ3v) is 6.87. The van der Waals surface area contributed by atoms with Gasteiger partial charge in [0.1, 0.15) is 0 Å². The maximum absolute atomic E-state index is 12.5. The minimum Gasteiger partial charge on any atom is -0.375 e. The van der Waals surface area contributed by atoms with Gasteiger partial charge in [0.25, 0.3) is 0 Å². The average molecular weight is 392 g/mol. The first-order valence-electron chi connectivity index (χ1n) is 10.5. The quantitative estimate of drug-likeness (QED) is 0.640. The summed E-state index contributed by atoms with van der Waals surface area (Å²) in [6.45, 7) is 7.56. The number of benzene rings is 1. The van der Waals surface area contributed by atoms with E-state index in [2.05, 4.69) is 30.9 Å². The number of hydrogen-bond acceptors (Lipinski definition) is 2. The topological polar surface area (TPSA) is 29.5 Å². The van der Waals surface area contributed by atoms with Crippen molar-refractivity contribution in [2.75, 3.05) is 13.2 Å². The molecule has 0 spiro atoms. The molecular formula is C23H34ClNO2. The van der Waals surface area contributed by atoms with E-state index in [-0.39, 0.29) is 23.0 Å². The minimum atomic E-state index is -0.144. The van der Waals surface area contributed by atoms with Crippen LogP contribution in [-0.2, 0) is 14.9 Å². The molecule has 2 fully saturated rings. The van der Waals surface area contributed by atoms with Gasteiger partial charge < -0.3 is 9.64 Å². The standard InChI is InChI=1S/C23H34ClNO2/c1-18(26)25(21-11-16-27-22(2,3)17-21)15-14-23(12-5-4-6-13-23)19-7-9-20(24)10-8-19/h7-10,21H,4-6,11-17H2,1-3H3/t21-/m1/s1. The van der Waals surface area contributed by atoms with Crippen molar-refractivity contribution in [3.63, 3.8) is 0 Å². The number of amides is 1. The van der Waals surface area contributed by atoms with E-state index < -0.39 is 0 Å². The molecule has 3 rings (SSSR count). The maximum atomic E-state index is 12.5. The Morgan fingerprint density at radius 3 is 2.44 bits per heavy atom. The van der Waals surface area contributed by atoms with Gasteiger partial charge in [-0.15, -0.1) is 0 Å². The number of carbonyl (C=O) groups is 1. The number of halogens is 1. The summed E-state index contributed by atoms with van der Waals surface area (Å²) in [7, 11) is 0. The maximum Gasteiger partial charge on any atom is 0.219 e. The van der Waals surface area contributed by atoms with Crippen molar-refractivity contribution in [3.05, 3.63) is 34.9 Å². The van der Waals surface area contributed by atoms with E-state index >= 15 is 0 Å². The van der Waals surface area contributed by atoms with Gasteiger partial charge in [0.15, 0.2) is 0 Å². The Labute approximate surface area is 169 Å². The molecule has 1 aliphatic heterocycles. The molecule has 1 aromatic carbocycles. The monoisotopic (exact) mass is 391 g/mol. The molecule has 0 unspecified atom stereocenters. The lowest BCUT2D eigenvalue weighted by Gasteiger charge is -2.44. The number of hydrogen-bond donors (Lipinski definition) is 0. The van der Waals surface area contributed by atoms with Crippen molar-refractivity contribution in [3.8, 4) is 0 Å². The van der Waals surface area contributed by atoms with Crippen LogP contribution in [0.3, 0.4) is 0 Å². The molecule has 150 valence electrons. The van der Waals surface area contributed by atoms with Crippen LogP contribution in [0.15, 0.2) is 24.3 Å². The van der Waals surface area contributed by atoms with Crippen molar-refractivity contribution in [1.82, 2.24) is 4.90 Å². The molecule has 1 aliphatic carbocycles. The van der Waals surface area contributed by atoms with Crippen LogP contribution in [0.25, 0.3) is 0 Å². The van der Waals surface area contributed by atoms with Crippen LogP contribution in [0.2, 0.25) is 5.02 Å². The molecule has 1 saturated carbocycles. The number of rotatable bonds is 5. The Bertz CT molecular complexity index is 634. The Kier molecular flexibility index (Phi) is 6.53. The molecular weight excluding hydrogens is 358 g/mol. The molecule has 2 aliphatic rings. The van der Waals surface area contributed by atoms with E-state index in [1.54, 1.807) is 6.92 Å². The molecule has 1 aromatic rings. The summed E-state index contributed by atoms with van der Waals surface area (Å²) in [5.41, 5.74) is 1.43. The first-order valence-corrected chi connectivity index (χ1v) is 10.9. The van der Waals surface area contributed by atoms with E-state index in [1.165, 1.54) is 37.7 Å². The molecule has 4 heteroatoms. The SMILES string of the molecule is CC(=O)N(CCC1(c2ccc(Cl)cc2)CCCCC1)[C@@H]1CCOC(C)(C)C1. The minimum absolute atomic E-state index is 0.144. The van der Waals surface area contributed by atoms with Gasteiger partial charge in [-0.05, 0) is 69.1 Å². The van der Waals surface area contributed by atoms with Gasteiger partial charge in [0, 0.05) is 31.1 Å². The second kappa shape index (κ2) is 8.53. The lowest BCUT2D eigenvalue weighted by atomic mass is 9.67. The summed E-state index contributed by atoms with van der Waals surface area (Å²) in [6, 6.07) is 8.71. The average Bonchev–Trinajstić information content (AvgIpc) is 2.62. The molecule has 3 nitrogen and oxygen atoms in total. The lowest BCUT2D eigenvalue weighted by molar-refractivity contribution is -0.138. The van der Waals surface area contributed by atoms with Crippen LogP contribution in [0.1, 0.15) is 77.7 Å². The van der Waals surface area contributed by atoms with Crippen molar-refractivity contribution in [1.29, 1.82) is 0 Å². The van der Waals surface area contributed by atoms with Gasteiger partial charge in [0.05, 0.1) is 5.60 Å². The van der Waals surface area contributed by atoms with Crippen LogP contribution in [0.4, 0.5) is 0 Å². The summed E-state index contributed by atoms with van der Waals surface area (Å²) in [5.74, 6) is 0.194. The zero-order chi connectivity index (χ0) is 19.5. The van der Waals surface area contributed by atoms with Gasteiger partial charge in [0.2, 0.25) is 5.91 Å². The highest BCUT2D eigenvalue weighted by molar-refractivity contribution is 6.30. The first-order chi connectivity index (χ1) is 12.8. The lowest BCUT2D eigenvalue weighted by Crippen LogP contribution is -2.49. The molecule has 1 saturated heterocycles. The number of carbonyl (C=O) groups excluding carboxylic acids is 1. The normalized spacial score (nSPS) is 24.4. The molecule has 1 heterocycles. The fraction of sp³-hybridized carbons (Fsp3) is 0.696. The molecule has 1 atom stereocenters. The van der Waals surface area contributed by atoms with Crippen molar-refractivity contribution < 1.29 is 9.53 Å². The molecule has 0 bridgehead atoms. The Balaban J connectivity index is 1.76. The predicted octanol–water partition coefficient (Wildman–Crippen LogP) is 5.74. The second-order valence-corrected chi connectivity index (χ2v) is 9.50. The molecule has 0 aromatic heterocycles. The van der Waals surface area contributed by atoms with Gasteiger partial charge >= 0.3 is 0 Å². The number of ether oxygens (including phenoxy) is 1. The van der Waals surface area contributed by atoms with Crippen LogP contribution in [-0.4, -0.2) is 35.6 Å². The van der Waals surface area contributed by atoms with Gasteiger partial charge in [-0.3, -0.25) is 4.79 Å². The van der Waals surface area contributed by atoms with Crippen LogP contribution >= 0.6 is 11.6 Å². The molecule has 0 radical (unpaired) electrons. The third kappa shape index (κ3) is 5.06. The van der Waals surface area contributed by atoms with Gasteiger partial charge in [-0.1, -0.05) is 43.0 Å². The highest BCUT2D eigenvalue weighted by atomic mass is 35.5. The van der Waals surface area contributed by atoms with Crippen molar-refractivity contribution in [2.24, 2.45) is 0 Å². The second-order valence-electron chi connectivity index (χ2n) is 9.07. The summed E-state index contributed by atoms with van der Waals surface area (Å²) in [6.07, 6.45) is 9.17. The van der Waals surface area contributed by atoms with E-state index in [9.17, 15) is 4.79 Å². The molecule has 0 N–H and O–H groups in total. The Morgan fingerprint density at radius 2 is 1.85 bits per heavy atom. The van der Waals surface area contributed by atoms with Crippen molar-refractivity contribution in [2.45, 2.75) is 89.2 Å². The van der Waals surface area contributed by atoms with Crippen LogP contribution < -0.4 is 0 Å². The largest absolute Gasteiger partial charge is 0.375 e. The summed E-state index contributed by atoms with van der Waals surface area (Å²) < 4.78 is 5.87. The van der Waals surface area contributed by atoms with Gasteiger partial charge in [-0.2, -0.15) is 0 Å². The highest BCUT2D eigenvalue weighted by Gasteiger charge is 2.37. The molecule has 27 heavy (non-hydrogen) atoms. The first kappa shape index (κ1) is 20.7.